The Morgan fingerprint density at radius 1 is 0.533 bits per heavy atom. The zero-order chi connectivity index (χ0) is 20.5. The van der Waals surface area contributed by atoms with Crippen LogP contribution in [0.5, 0.6) is 0 Å². The molecule has 4 aromatic carbocycles. The van der Waals surface area contributed by atoms with E-state index in [-0.39, 0.29) is 0 Å². The summed E-state index contributed by atoms with van der Waals surface area (Å²) in [6, 6.07) is 29.5. The Kier molecular flexibility index (Phi) is 5.19. The molecule has 0 N–H and O–H groups in total. The van der Waals surface area contributed by atoms with Gasteiger partial charge >= 0.3 is 0 Å². The Balaban J connectivity index is 1.68. The molecule has 5 rings (SSSR count). The molecule has 0 aliphatic rings. The fraction of sp³-hybridized carbons (Fsp3) is 0.0769. The molecule has 0 bridgehead atoms. The highest BCUT2D eigenvalue weighted by Crippen LogP contribution is 2.39. The molecule has 30 heavy (non-hydrogen) atoms. The van der Waals surface area contributed by atoms with E-state index < -0.39 is 0 Å². The molecule has 5 aromatic rings. The van der Waals surface area contributed by atoms with Crippen molar-refractivity contribution < 1.29 is 0 Å². The molecule has 4 heteroatoms. The lowest BCUT2D eigenvalue weighted by molar-refractivity contribution is 0.967. The van der Waals surface area contributed by atoms with Gasteiger partial charge in [-0.05, 0) is 60.0 Å². The van der Waals surface area contributed by atoms with Crippen LogP contribution < -0.4 is 0 Å². The molecule has 146 valence electrons. The van der Waals surface area contributed by atoms with Gasteiger partial charge in [0.2, 0.25) is 0 Å². The minimum Gasteiger partial charge on any atom is -0.237 e. The van der Waals surface area contributed by atoms with Gasteiger partial charge in [-0.15, -0.1) is 0 Å². The molecule has 0 aliphatic heterocycles. The van der Waals surface area contributed by atoms with E-state index in [2.05, 4.69) is 98.8 Å². The third-order valence-corrected chi connectivity index (χ3v) is 7.51. The van der Waals surface area contributed by atoms with E-state index in [0.29, 0.717) is 0 Å². The van der Waals surface area contributed by atoms with Crippen molar-refractivity contribution in [2.45, 2.75) is 33.7 Å². The molecule has 0 saturated heterocycles. The first-order chi connectivity index (χ1) is 14.7. The molecule has 0 amide bonds. The lowest BCUT2D eigenvalue weighted by Crippen LogP contribution is -1.94. The van der Waals surface area contributed by atoms with E-state index in [1.165, 1.54) is 31.7 Å². The predicted molar refractivity (Wildman–Crippen MR) is 128 cm³/mol. The van der Waals surface area contributed by atoms with Crippen molar-refractivity contribution in [3.63, 3.8) is 0 Å². The molecule has 1 heterocycles. The maximum absolute atomic E-state index is 5.07. The third-order valence-electron chi connectivity index (χ3n) is 5.07. The van der Waals surface area contributed by atoms with Crippen molar-refractivity contribution in [1.29, 1.82) is 0 Å². The van der Waals surface area contributed by atoms with Crippen LogP contribution in [0.15, 0.2) is 105 Å². The number of nitrogens with zero attached hydrogens (tertiary/aromatic N) is 2. The molecule has 0 aliphatic carbocycles. The average Bonchev–Trinajstić information content (AvgIpc) is 2.76. The quantitative estimate of drug-likeness (QED) is 0.276. The van der Waals surface area contributed by atoms with Crippen molar-refractivity contribution in [2.75, 3.05) is 0 Å². The number of aromatic nitrogens is 2. The molecule has 0 unspecified atom stereocenters. The van der Waals surface area contributed by atoms with Gasteiger partial charge in [0.1, 0.15) is 10.1 Å². The van der Waals surface area contributed by atoms with E-state index in [1.54, 1.807) is 23.5 Å². The standard InChI is InChI=1S/C26H20N2S2/c1-17-9-3-7-13-23(17)29-25-26(30-24-14-8-4-10-18(24)2)28-22-16-20-12-6-5-11-19(20)15-21(22)27-25/h3-16H,1-2H3. The molecule has 0 spiro atoms. The highest BCUT2D eigenvalue weighted by Gasteiger charge is 2.15. The van der Waals surface area contributed by atoms with Crippen LogP contribution in [0.1, 0.15) is 11.1 Å². The summed E-state index contributed by atoms with van der Waals surface area (Å²) in [5.74, 6) is 0. The molecule has 0 saturated carbocycles. The average molecular weight is 425 g/mol. The number of benzene rings is 4. The second kappa shape index (κ2) is 8.13. The van der Waals surface area contributed by atoms with E-state index >= 15 is 0 Å². The van der Waals surface area contributed by atoms with Gasteiger partial charge in [-0.25, -0.2) is 9.97 Å². The molecule has 0 radical (unpaired) electrons. The van der Waals surface area contributed by atoms with Crippen LogP contribution >= 0.6 is 23.5 Å². The zero-order valence-corrected chi connectivity index (χ0v) is 18.4. The molecular formula is C26H20N2S2. The largest absolute Gasteiger partial charge is 0.237 e. The first-order valence-corrected chi connectivity index (χ1v) is 11.5. The highest BCUT2D eigenvalue weighted by molar-refractivity contribution is 8.02. The number of hydrogen-bond donors (Lipinski definition) is 0. The Labute approximate surface area is 184 Å². The number of aryl methyl sites for hydroxylation is 2. The van der Waals surface area contributed by atoms with Gasteiger partial charge in [-0.3, -0.25) is 0 Å². The summed E-state index contributed by atoms with van der Waals surface area (Å²) < 4.78 is 0. The van der Waals surface area contributed by atoms with Crippen LogP contribution in [0, 0.1) is 13.8 Å². The normalized spacial score (nSPS) is 11.3. The smallest absolute Gasteiger partial charge is 0.134 e. The van der Waals surface area contributed by atoms with Crippen LogP contribution in [-0.2, 0) is 0 Å². The summed E-state index contributed by atoms with van der Waals surface area (Å²) in [7, 11) is 0. The topological polar surface area (TPSA) is 25.8 Å². The maximum atomic E-state index is 5.07. The lowest BCUT2D eigenvalue weighted by atomic mass is 10.1. The summed E-state index contributed by atoms with van der Waals surface area (Å²) in [6.45, 7) is 4.27. The van der Waals surface area contributed by atoms with Gasteiger partial charge in [0.05, 0.1) is 11.0 Å². The minimum atomic E-state index is 0.930. The molecule has 0 atom stereocenters. The predicted octanol–water partition coefficient (Wildman–Crippen LogP) is 7.70. The summed E-state index contributed by atoms with van der Waals surface area (Å²) in [5, 5.41) is 4.26. The summed E-state index contributed by atoms with van der Waals surface area (Å²) >= 11 is 3.38. The third kappa shape index (κ3) is 3.81. The summed E-state index contributed by atoms with van der Waals surface area (Å²) in [6.07, 6.45) is 0. The second-order valence-electron chi connectivity index (χ2n) is 7.26. The van der Waals surface area contributed by atoms with Crippen LogP contribution in [-0.4, -0.2) is 9.97 Å². The van der Waals surface area contributed by atoms with Gasteiger partial charge in [-0.2, -0.15) is 0 Å². The fourth-order valence-corrected chi connectivity index (χ4v) is 5.36. The SMILES string of the molecule is Cc1ccccc1Sc1nc2cc3ccccc3cc2nc1Sc1ccccc1C. The van der Waals surface area contributed by atoms with Gasteiger partial charge in [0, 0.05) is 9.79 Å². The first-order valence-electron chi connectivity index (χ1n) is 9.85. The summed E-state index contributed by atoms with van der Waals surface area (Å²) in [5.41, 5.74) is 4.35. The van der Waals surface area contributed by atoms with E-state index in [9.17, 15) is 0 Å². The lowest BCUT2D eigenvalue weighted by Gasteiger charge is -2.12. The van der Waals surface area contributed by atoms with Gasteiger partial charge in [-0.1, -0.05) is 84.2 Å². The van der Waals surface area contributed by atoms with Crippen molar-refractivity contribution in [3.05, 3.63) is 96.1 Å². The number of hydrogen-bond acceptors (Lipinski definition) is 4. The fourth-order valence-electron chi connectivity index (χ4n) is 3.39. The van der Waals surface area contributed by atoms with Gasteiger partial charge in [0.25, 0.3) is 0 Å². The molecule has 0 fully saturated rings. The Hall–Kier alpha value is -2.82. The monoisotopic (exact) mass is 424 g/mol. The Bertz CT molecular complexity index is 1270. The zero-order valence-electron chi connectivity index (χ0n) is 16.8. The van der Waals surface area contributed by atoms with E-state index in [4.69, 9.17) is 9.97 Å². The highest BCUT2D eigenvalue weighted by atomic mass is 32.2. The van der Waals surface area contributed by atoms with E-state index in [1.807, 2.05) is 0 Å². The Morgan fingerprint density at radius 2 is 0.933 bits per heavy atom. The molecule has 2 nitrogen and oxygen atoms in total. The maximum Gasteiger partial charge on any atom is 0.134 e. The van der Waals surface area contributed by atoms with Crippen molar-refractivity contribution in [2.24, 2.45) is 0 Å². The van der Waals surface area contributed by atoms with Gasteiger partial charge < -0.3 is 0 Å². The molecular weight excluding hydrogens is 404 g/mol. The van der Waals surface area contributed by atoms with Crippen LogP contribution in [0.4, 0.5) is 0 Å². The summed E-state index contributed by atoms with van der Waals surface area (Å²) in [4.78, 5) is 12.5. The second-order valence-corrected chi connectivity index (χ2v) is 9.32. The van der Waals surface area contributed by atoms with E-state index in [0.717, 1.165) is 21.1 Å². The van der Waals surface area contributed by atoms with Crippen molar-refractivity contribution in [3.8, 4) is 0 Å². The number of fused-ring (bicyclic) bond motifs is 2. The molecule has 1 aromatic heterocycles. The van der Waals surface area contributed by atoms with Crippen LogP contribution in [0.2, 0.25) is 0 Å². The van der Waals surface area contributed by atoms with Crippen molar-refractivity contribution >= 4 is 45.3 Å². The minimum absolute atomic E-state index is 0.930. The number of rotatable bonds is 4. The van der Waals surface area contributed by atoms with Gasteiger partial charge in [0.15, 0.2) is 0 Å². The van der Waals surface area contributed by atoms with Crippen LogP contribution in [0.25, 0.3) is 21.8 Å². The van der Waals surface area contributed by atoms with Crippen molar-refractivity contribution in [1.82, 2.24) is 9.97 Å². The first kappa shape index (κ1) is 19.2. The van der Waals surface area contributed by atoms with Crippen LogP contribution in [0.3, 0.4) is 0 Å². The Morgan fingerprint density at radius 3 is 1.37 bits per heavy atom.